The van der Waals surface area contributed by atoms with Crippen molar-refractivity contribution < 1.29 is 4.79 Å². The predicted molar refractivity (Wildman–Crippen MR) is 97.4 cm³/mol. The number of carbonyl (C=O) groups is 1. The minimum atomic E-state index is -0.308. The van der Waals surface area contributed by atoms with Gasteiger partial charge in [0.1, 0.15) is 0 Å². The van der Waals surface area contributed by atoms with Gasteiger partial charge in [0.2, 0.25) is 5.91 Å². The van der Waals surface area contributed by atoms with Crippen LogP contribution in [0.15, 0.2) is 30.3 Å². The zero-order valence-electron chi connectivity index (χ0n) is 13.6. The molecule has 1 aliphatic heterocycles. The summed E-state index contributed by atoms with van der Waals surface area (Å²) in [5.74, 6) is 2.62. The Kier molecular flexibility index (Phi) is 5.84. The van der Waals surface area contributed by atoms with E-state index < -0.39 is 0 Å². The van der Waals surface area contributed by atoms with Crippen molar-refractivity contribution in [1.82, 2.24) is 4.90 Å². The van der Waals surface area contributed by atoms with E-state index >= 15 is 0 Å². The van der Waals surface area contributed by atoms with Crippen LogP contribution in [0, 0.1) is 5.92 Å². The van der Waals surface area contributed by atoms with Crippen molar-refractivity contribution in [2.75, 3.05) is 23.5 Å². The number of nitrogens with zero attached hydrogens (tertiary/aromatic N) is 1. The molecule has 2 aliphatic rings. The van der Waals surface area contributed by atoms with Gasteiger partial charge in [-0.2, -0.15) is 0 Å². The zero-order valence-corrected chi connectivity index (χ0v) is 14.4. The molecule has 2 fully saturated rings. The average molecular weight is 334 g/mol. The molecule has 1 heterocycles. The number of nitrogens with two attached hydrogens (primary N) is 1. The van der Waals surface area contributed by atoms with Crippen molar-refractivity contribution in [2.45, 2.75) is 44.2 Å². The van der Waals surface area contributed by atoms with Crippen molar-refractivity contribution >= 4 is 23.4 Å². The van der Waals surface area contributed by atoms with E-state index in [1.54, 1.807) is 0 Å². The second-order valence-electron chi connectivity index (χ2n) is 6.71. The molecule has 4 nitrogen and oxygen atoms in total. The van der Waals surface area contributed by atoms with Crippen LogP contribution in [0.4, 0.5) is 5.69 Å². The third-order valence-corrected chi connectivity index (χ3v) is 5.93. The maximum Gasteiger partial charge on any atom is 0.240 e. The Balaban J connectivity index is 1.41. The first-order valence-corrected chi connectivity index (χ1v) is 9.81. The van der Waals surface area contributed by atoms with Gasteiger partial charge in [-0.1, -0.05) is 18.2 Å². The first-order valence-electron chi connectivity index (χ1n) is 8.66. The molecule has 1 aromatic carbocycles. The third kappa shape index (κ3) is 4.64. The molecule has 1 aromatic rings. The highest BCUT2D eigenvalue weighted by Crippen LogP contribution is 2.30. The third-order valence-electron chi connectivity index (χ3n) is 4.96. The lowest BCUT2D eigenvalue weighted by molar-refractivity contribution is -0.131. The second-order valence-corrected chi connectivity index (χ2v) is 7.78. The number of nitrogens with one attached hydrogen (secondary N) is 1. The monoisotopic (exact) mass is 333 g/mol. The summed E-state index contributed by atoms with van der Waals surface area (Å²) in [5.41, 5.74) is 7.37. The van der Waals surface area contributed by atoms with Crippen molar-refractivity contribution in [1.29, 1.82) is 0 Å². The lowest BCUT2D eigenvalue weighted by Crippen LogP contribution is -2.43. The molecule has 3 N–H and O–H groups in total. The Bertz CT molecular complexity index is 496. The minimum Gasteiger partial charge on any atom is -0.382 e. The molecule has 23 heavy (non-hydrogen) atoms. The lowest BCUT2D eigenvalue weighted by atomic mass is 9.82. The van der Waals surface area contributed by atoms with Gasteiger partial charge >= 0.3 is 0 Å². The topological polar surface area (TPSA) is 58.4 Å². The minimum absolute atomic E-state index is 0.152. The van der Waals surface area contributed by atoms with Crippen LogP contribution >= 0.6 is 11.8 Å². The van der Waals surface area contributed by atoms with Crippen LogP contribution in [0.5, 0.6) is 0 Å². The number of thioether (sulfide) groups is 1. The number of carbonyl (C=O) groups excluding carboxylic acids is 1. The van der Waals surface area contributed by atoms with Gasteiger partial charge in [0.05, 0.1) is 11.9 Å². The summed E-state index contributed by atoms with van der Waals surface area (Å²) in [5, 5.41) is 3.61. The first-order chi connectivity index (χ1) is 11.2. The molecule has 0 aromatic heterocycles. The standard InChI is InChI=1S/C18H27N3OS/c19-17(18(22)21-10-11-23-13-21)12-14-6-8-16(9-7-14)20-15-4-2-1-3-5-15/h1-5,14,16-17,20H,6-13,19H2/t14?,16?,17-/m0/s1. The Morgan fingerprint density at radius 3 is 2.65 bits per heavy atom. The first kappa shape index (κ1) is 16.7. The summed E-state index contributed by atoms with van der Waals surface area (Å²) in [6, 6.07) is 10.7. The van der Waals surface area contributed by atoms with Crippen LogP contribution < -0.4 is 11.1 Å². The number of rotatable bonds is 5. The van der Waals surface area contributed by atoms with Crippen LogP contribution in [-0.2, 0) is 4.79 Å². The number of benzene rings is 1. The highest BCUT2D eigenvalue weighted by atomic mass is 32.2. The van der Waals surface area contributed by atoms with Gasteiger partial charge in [-0.15, -0.1) is 11.8 Å². The molecule has 1 amide bonds. The Hall–Kier alpha value is -1.20. The molecule has 1 saturated carbocycles. The number of para-hydroxylation sites is 1. The molecule has 126 valence electrons. The normalized spacial score (nSPS) is 26.0. The fourth-order valence-electron chi connectivity index (χ4n) is 3.59. The molecule has 0 bridgehead atoms. The Morgan fingerprint density at radius 1 is 1.26 bits per heavy atom. The Labute approximate surface area is 143 Å². The summed E-state index contributed by atoms with van der Waals surface area (Å²) >= 11 is 1.82. The molecule has 0 unspecified atom stereocenters. The van der Waals surface area contributed by atoms with Gasteiger partial charge in [0.25, 0.3) is 0 Å². The largest absolute Gasteiger partial charge is 0.382 e. The van der Waals surface area contributed by atoms with Gasteiger partial charge in [0.15, 0.2) is 0 Å². The van der Waals surface area contributed by atoms with E-state index in [-0.39, 0.29) is 11.9 Å². The highest BCUT2D eigenvalue weighted by molar-refractivity contribution is 7.99. The summed E-state index contributed by atoms with van der Waals surface area (Å²) < 4.78 is 0. The van der Waals surface area contributed by atoms with Crippen molar-refractivity contribution in [3.05, 3.63) is 30.3 Å². The molecule has 1 saturated heterocycles. The lowest BCUT2D eigenvalue weighted by Gasteiger charge is -2.31. The molecule has 0 radical (unpaired) electrons. The van der Waals surface area contributed by atoms with Gasteiger partial charge in [-0.25, -0.2) is 0 Å². The fraction of sp³-hybridized carbons (Fsp3) is 0.611. The highest BCUT2D eigenvalue weighted by Gasteiger charge is 2.28. The van der Waals surface area contributed by atoms with E-state index in [4.69, 9.17) is 5.73 Å². The van der Waals surface area contributed by atoms with E-state index in [9.17, 15) is 4.79 Å². The second kappa shape index (κ2) is 8.06. The van der Waals surface area contributed by atoms with Crippen LogP contribution in [0.1, 0.15) is 32.1 Å². The quantitative estimate of drug-likeness (QED) is 0.870. The van der Waals surface area contributed by atoms with Gasteiger partial charge in [0, 0.05) is 24.0 Å². The van der Waals surface area contributed by atoms with Crippen molar-refractivity contribution in [3.8, 4) is 0 Å². The number of hydrogen-bond donors (Lipinski definition) is 2. The van der Waals surface area contributed by atoms with Gasteiger partial charge < -0.3 is 16.0 Å². The zero-order chi connectivity index (χ0) is 16.1. The summed E-state index contributed by atoms with van der Waals surface area (Å²) in [6.45, 7) is 0.866. The van der Waals surface area contributed by atoms with Crippen LogP contribution in [0.3, 0.4) is 0 Å². The van der Waals surface area contributed by atoms with Gasteiger partial charge in [-0.05, 0) is 50.2 Å². The number of hydrogen-bond acceptors (Lipinski definition) is 4. The van der Waals surface area contributed by atoms with Crippen molar-refractivity contribution in [2.24, 2.45) is 11.7 Å². The maximum absolute atomic E-state index is 12.3. The summed E-state index contributed by atoms with van der Waals surface area (Å²) in [6.07, 6.45) is 5.51. The average Bonchev–Trinajstić information content (AvgIpc) is 3.11. The van der Waals surface area contributed by atoms with E-state index in [1.165, 1.54) is 31.4 Å². The van der Waals surface area contributed by atoms with E-state index in [2.05, 4.69) is 29.6 Å². The smallest absolute Gasteiger partial charge is 0.240 e. The molecule has 1 atom stereocenters. The van der Waals surface area contributed by atoms with Crippen molar-refractivity contribution in [3.63, 3.8) is 0 Å². The molecule has 5 heteroatoms. The SMILES string of the molecule is N[C@@H](CC1CCC(Nc2ccccc2)CC1)C(=O)N1CCSC1. The van der Waals surface area contributed by atoms with Crippen LogP contribution in [-0.4, -0.2) is 41.1 Å². The predicted octanol–water partition coefficient (Wildman–Crippen LogP) is 2.91. The molecule has 0 spiro atoms. The molecule has 3 rings (SSSR count). The molecular weight excluding hydrogens is 306 g/mol. The van der Waals surface area contributed by atoms with E-state index in [1.807, 2.05) is 22.7 Å². The van der Waals surface area contributed by atoms with Crippen LogP contribution in [0.25, 0.3) is 0 Å². The van der Waals surface area contributed by atoms with Crippen LogP contribution in [0.2, 0.25) is 0 Å². The number of amides is 1. The molecule has 1 aliphatic carbocycles. The summed E-state index contributed by atoms with van der Waals surface area (Å²) in [4.78, 5) is 14.2. The number of anilines is 1. The molecular formula is C18H27N3OS. The van der Waals surface area contributed by atoms with E-state index in [0.717, 1.165) is 24.6 Å². The fourth-order valence-corrected chi connectivity index (χ4v) is 4.55. The Morgan fingerprint density at radius 2 is 2.00 bits per heavy atom. The maximum atomic E-state index is 12.3. The van der Waals surface area contributed by atoms with E-state index in [0.29, 0.717) is 12.0 Å². The summed E-state index contributed by atoms with van der Waals surface area (Å²) in [7, 11) is 0. The van der Waals surface area contributed by atoms with Gasteiger partial charge in [-0.3, -0.25) is 4.79 Å².